The third kappa shape index (κ3) is 3.87. The van der Waals surface area contributed by atoms with E-state index in [4.69, 9.17) is 17.0 Å². The summed E-state index contributed by atoms with van der Waals surface area (Å²) in [7, 11) is 1.38. The number of hydrogen-bond donors (Lipinski definition) is 1. The van der Waals surface area contributed by atoms with Crippen molar-refractivity contribution in [2.75, 3.05) is 12.0 Å². The molecule has 33 heavy (non-hydrogen) atoms. The number of benzene rings is 2. The van der Waals surface area contributed by atoms with Gasteiger partial charge >= 0.3 is 5.97 Å². The minimum absolute atomic E-state index is 0.134. The molecule has 0 radical (unpaired) electrons. The number of aromatic nitrogens is 2. The van der Waals surface area contributed by atoms with Gasteiger partial charge in [0.25, 0.3) is 0 Å². The van der Waals surface area contributed by atoms with Crippen LogP contribution in [-0.4, -0.2) is 27.7 Å². The predicted octanol–water partition coefficient (Wildman–Crippen LogP) is 4.84. The molecule has 3 heterocycles. The summed E-state index contributed by atoms with van der Waals surface area (Å²) in [5.41, 5.74) is 4.42. The van der Waals surface area contributed by atoms with Crippen LogP contribution in [0.15, 0.2) is 97.3 Å². The molecule has 5 rings (SSSR count). The normalized spacial score (nSPS) is 17.6. The van der Waals surface area contributed by atoms with Gasteiger partial charge in [-0.1, -0.05) is 24.3 Å². The summed E-state index contributed by atoms with van der Waals surface area (Å²) in [6.07, 6.45) is 3.81. The summed E-state index contributed by atoms with van der Waals surface area (Å²) in [5.74, 6) is -0.356. The van der Waals surface area contributed by atoms with E-state index >= 15 is 0 Å². The average Bonchev–Trinajstić information content (AvgIpc) is 3.49. The molecule has 1 saturated heterocycles. The molecule has 0 bridgehead atoms. The average molecular weight is 455 g/mol. The Kier molecular flexibility index (Phi) is 5.62. The third-order valence-electron chi connectivity index (χ3n) is 5.78. The Bertz CT molecular complexity index is 1270. The molecule has 0 amide bonds. The zero-order valence-electron chi connectivity index (χ0n) is 18.0. The van der Waals surface area contributed by atoms with Gasteiger partial charge in [0.1, 0.15) is 6.04 Å². The Balaban J connectivity index is 1.61. The molecule has 7 heteroatoms. The number of hydrogen-bond acceptors (Lipinski definition) is 4. The number of carbonyl (C=O) groups excluding carboxylic acids is 1. The first-order chi connectivity index (χ1) is 16.2. The number of nitrogens with one attached hydrogen (secondary N) is 1. The Hall–Kier alpha value is -3.97. The van der Waals surface area contributed by atoms with Crippen LogP contribution in [0.5, 0.6) is 0 Å². The van der Waals surface area contributed by atoms with Crippen LogP contribution in [0.25, 0.3) is 5.69 Å². The van der Waals surface area contributed by atoms with E-state index in [1.165, 1.54) is 7.11 Å². The highest BCUT2D eigenvalue weighted by atomic mass is 32.1. The molecule has 1 N–H and O–H groups in total. The molecular formula is C26H22N4O2S. The number of thiocarbonyl (C=S) groups is 1. The van der Waals surface area contributed by atoms with Gasteiger partial charge in [-0.3, -0.25) is 4.98 Å². The smallest absolute Gasteiger partial charge is 0.337 e. The van der Waals surface area contributed by atoms with Crippen molar-refractivity contribution in [3.05, 3.63) is 114 Å². The molecule has 2 atom stereocenters. The highest BCUT2D eigenvalue weighted by Gasteiger charge is 2.42. The highest BCUT2D eigenvalue weighted by Crippen LogP contribution is 2.42. The lowest BCUT2D eigenvalue weighted by molar-refractivity contribution is 0.0600. The Morgan fingerprint density at radius 1 is 0.939 bits per heavy atom. The standard InChI is InChI=1S/C26H22N4O2S/c1-32-25(31)18-12-14-19(15-13-18)29-17-7-11-22(29)24-23(21-10-5-6-16-27-21)28-26(33)30(24)20-8-3-2-4-9-20/h2-17,23-24H,1H3,(H,28,33)/t23-,24+/m0/s1. The quantitative estimate of drug-likeness (QED) is 0.344. The van der Waals surface area contributed by atoms with Crippen LogP contribution in [0, 0.1) is 0 Å². The topological polar surface area (TPSA) is 59.4 Å². The van der Waals surface area contributed by atoms with Gasteiger partial charge < -0.3 is 19.5 Å². The number of pyridine rings is 1. The molecule has 2 aromatic carbocycles. The van der Waals surface area contributed by atoms with Crippen molar-refractivity contribution in [3.8, 4) is 5.69 Å². The third-order valence-corrected chi connectivity index (χ3v) is 6.10. The second-order valence-electron chi connectivity index (χ2n) is 7.67. The number of rotatable bonds is 5. The summed E-state index contributed by atoms with van der Waals surface area (Å²) in [5, 5.41) is 4.14. The fourth-order valence-electron chi connectivity index (χ4n) is 4.27. The Labute approximate surface area is 197 Å². The molecule has 2 aromatic heterocycles. The van der Waals surface area contributed by atoms with Gasteiger partial charge in [-0.2, -0.15) is 0 Å². The van der Waals surface area contributed by atoms with Crippen LogP contribution in [0.3, 0.4) is 0 Å². The number of ether oxygens (including phenoxy) is 1. The van der Waals surface area contributed by atoms with E-state index in [2.05, 4.69) is 38.0 Å². The molecular weight excluding hydrogens is 432 g/mol. The molecule has 6 nitrogen and oxygen atoms in total. The summed E-state index contributed by atoms with van der Waals surface area (Å²) in [4.78, 5) is 18.6. The van der Waals surface area contributed by atoms with E-state index in [1.807, 2.05) is 60.8 Å². The molecule has 164 valence electrons. The monoisotopic (exact) mass is 454 g/mol. The lowest BCUT2D eigenvalue weighted by Gasteiger charge is -2.29. The number of anilines is 1. The minimum atomic E-state index is -0.356. The van der Waals surface area contributed by atoms with Crippen LogP contribution < -0.4 is 10.2 Å². The number of para-hydroxylation sites is 1. The second kappa shape index (κ2) is 8.88. The Morgan fingerprint density at radius 3 is 2.39 bits per heavy atom. The van der Waals surface area contributed by atoms with Gasteiger partial charge in [0.05, 0.1) is 24.4 Å². The fourth-order valence-corrected chi connectivity index (χ4v) is 4.61. The van der Waals surface area contributed by atoms with Crippen LogP contribution in [-0.2, 0) is 4.74 Å². The van der Waals surface area contributed by atoms with Gasteiger partial charge in [0.15, 0.2) is 5.11 Å². The fraction of sp³-hybridized carbons (Fsp3) is 0.115. The first-order valence-electron chi connectivity index (χ1n) is 10.6. The van der Waals surface area contributed by atoms with E-state index in [9.17, 15) is 4.79 Å². The van der Waals surface area contributed by atoms with Crippen molar-refractivity contribution in [3.63, 3.8) is 0 Å². The zero-order valence-corrected chi connectivity index (χ0v) is 18.8. The molecule has 0 spiro atoms. The lowest BCUT2D eigenvalue weighted by Crippen LogP contribution is -2.30. The number of nitrogens with zero attached hydrogens (tertiary/aromatic N) is 3. The SMILES string of the molecule is COC(=O)c1ccc(-n2cccc2[C@@H]2[C@H](c3ccccn3)NC(=S)N2c2ccccc2)cc1. The first kappa shape index (κ1) is 20.9. The van der Waals surface area contributed by atoms with Gasteiger partial charge in [-0.25, -0.2) is 4.79 Å². The van der Waals surface area contributed by atoms with E-state index in [0.29, 0.717) is 10.7 Å². The zero-order chi connectivity index (χ0) is 22.8. The summed E-state index contributed by atoms with van der Waals surface area (Å²) >= 11 is 5.80. The predicted molar refractivity (Wildman–Crippen MR) is 131 cm³/mol. The van der Waals surface area contributed by atoms with Crippen LogP contribution in [0.1, 0.15) is 33.8 Å². The van der Waals surface area contributed by atoms with Crippen LogP contribution in [0.2, 0.25) is 0 Å². The second-order valence-corrected chi connectivity index (χ2v) is 8.06. The maximum Gasteiger partial charge on any atom is 0.337 e. The Morgan fingerprint density at radius 2 is 1.70 bits per heavy atom. The van der Waals surface area contributed by atoms with Crippen molar-refractivity contribution in [2.24, 2.45) is 0 Å². The number of esters is 1. The lowest BCUT2D eigenvalue weighted by atomic mass is 10.0. The molecule has 4 aromatic rings. The molecule has 1 aliphatic heterocycles. The van der Waals surface area contributed by atoms with Crippen molar-refractivity contribution in [2.45, 2.75) is 12.1 Å². The summed E-state index contributed by atoms with van der Waals surface area (Å²) < 4.78 is 6.95. The molecule has 1 aliphatic rings. The van der Waals surface area contributed by atoms with Gasteiger partial charge in [0.2, 0.25) is 0 Å². The van der Waals surface area contributed by atoms with E-state index < -0.39 is 0 Å². The largest absolute Gasteiger partial charge is 0.465 e. The van der Waals surface area contributed by atoms with Gasteiger partial charge in [-0.15, -0.1) is 0 Å². The summed E-state index contributed by atoms with van der Waals surface area (Å²) in [6, 6.07) is 27.2. The van der Waals surface area contributed by atoms with Crippen LogP contribution in [0.4, 0.5) is 5.69 Å². The molecule has 1 fully saturated rings. The van der Waals surface area contributed by atoms with Crippen molar-refractivity contribution in [1.29, 1.82) is 0 Å². The maximum atomic E-state index is 11.9. The number of methoxy groups -OCH3 is 1. The van der Waals surface area contributed by atoms with E-state index in [0.717, 1.165) is 22.8 Å². The van der Waals surface area contributed by atoms with E-state index in [1.54, 1.807) is 18.3 Å². The minimum Gasteiger partial charge on any atom is -0.465 e. The van der Waals surface area contributed by atoms with E-state index in [-0.39, 0.29) is 18.1 Å². The molecule has 0 aliphatic carbocycles. The van der Waals surface area contributed by atoms with Crippen molar-refractivity contribution < 1.29 is 9.53 Å². The summed E-state index contributed by atoms with van der Waals surface area (Å²) in [6.45, 7) is 0. The molecule has 0 saturated carbocycles. The van der Waals surface area contributed by atoms with Gasteiger partial charge in [-0.05, 0) is 72.9 Å². The number of carbonyl (C=O) groups is 1. The molecule has 0 unspecified atom stereocenters. The highest BCUT2D eigenvalue weighted by molar-refractivity contribution is 7.80. The van der Waals surface area contributed by atoms with Gasteiger partial charge in [0, 0.05) is 29.5 Å². The maximum absolute atomic E-state index is 11.9. The van der Waals surface area contributed by atoms with Crippen LogP contribution >= 0.6 is 12.2 Å². The van der Waals surface area contributed by atoms with Crippen molar-refractivity contribution >= 4 is 29.0 Å². The first-order valence-corrected chi connectivity index (χ1v) is 11.0. The van der Waals surface area contributed by atoms with Crippen molar-refractivity contribution in [1.82, 2.24) is 14.9 Å².